The van der Waals surface area contributed by atoms with Crippen molar-refractivity contribution in [1.29, 1.82) is 0 Å². The van der Waals surface area contributed by atoms with Gasteiger partial charge in [-0.1, -0.05) is 15.9 Å². The van der Waals surface area contributed by atoms with Crippen LogP contribution in [-0.2, 0) is 21.3 Å². The largest absolute Gasteiger partial charge is 0.573 e. The van der Waals surface area contributed by atoms with Gasteiger partial charge in [0.1, 0.15) is 0 Å². The van der Waals surface area contributed by atoms with Crippen molar-refractivity contribution >= 4 is 21.9 Å². The highest BCUT2D eigenvalue weighted by Crippen LogP contribution is 2.36. The highest BCUT2D eigenvalue weighted by atomic mass is 79.9. The highest BCUT2D eigenvalue weighted by molar-refractivity contribution is 9.08. The number of rotatable bonds is 5. The predicted octanol–water partition coefficient (Wildman–Crippen LogP) is 3.53. The summed E-state index contributed by atoms with van der Waals surface area (Å²) >= 11 is 2.85. The second-order valence-electron chi connectivity index (χ2n) is 3.71. The molecule has 1 aromatic rings. The summed E-state index contributed by atoms with van der Waals surface area (Å²) in [6.07, 6.45) is -8.80. The Bertz CT molecular complexity index is 521. The first-order chi connectivity index (χ1) is 9.67. The summed E-state index contributed by atoms with van der Waals surface area (Å²) in [5.41, 5.74) is -1.51. The van der Waals surface area contributed by atoms with Crippen molar-refractivity contribution in [2.45, 2.75) is 24.5 Å². The van der Waals surface area contributed by atoms with Crippen molar-refractivity contribution in [2.75, 3.05) is 7.11 Å². The topological polar surface area (TPSA) is 48.4 Å². The third kappa shape index (κ3) is 5.10. The van der Waals surface area contributed by atoms with Crippen LogP contribution in [0.15, 0.2) is 6.07 Å². The summed E-state index contributed by atoms with van der Waals surface area (Å²) in [4.78, 5) is 14.8. The van der Waals surface area contributed by atoms with Gasteiger partial charge in [0.25, 0.3) is 6.43 Å². The zero-order chi connectivity index (χ0) is 16.2. The van der Waals surface area contributed by atoms with Gasteiger partial charge in [0.15, 0.2) is 5.75 Å². The molecule has 0 aliphatic rings. The van der Waals surface area contributed by atoms with Gasteiger partial charge in [-0.25, -0.2) is 8.78 Å². The average molecular weight is 378 g/mol. The minimum Gasteiger partial charge on any atom is -0.469 e. The first kappa shape index (κ1) is 17.6. The summed E-state index contributed by atoms with van der Waals surface area (Å²) in [6, 6.07) is 0.689. The number of pyridine rings is 1. The SMILES string of the molecule is COC(=O)Cc1cc(C(F)F)c(OC(F)(F)F)c(CBr)n1. The number of hydrogen-bond acceptors (Lipinski definition) is 4. The van der Waals surface area contributed by atoms with E-state index in [-0.39, 0.29) is 16.7 Å². The van der Waals surface area contributed by atoms with Crippen LogP contribution in [0.1, 0.15) is 23.4 Å². The van der Waals surface area contributed by atoms with Crippen molar-refractivity contribution in [3.8, 4) is 5.75 Å². The van der Waals surface area contributed by atoms with E-state index in [4.69, 9.17) is 0 Å². The second-order valence-corrected chi connectivity index (χ2v) is 4.27. The third-order valence-electron chi connectivity index (χ3n) is 2.26. The van der Waals surface area contributed by atoms with Gasteiger partial charge < -0.3 is 9.47 Å². The lowest BCUT2D eigenvalue weighted by Crippen LogP contribution is -2.20. The van der Waals surface area contributed by atoms with Crippen LogP contribution in [0.2, 0.25) is 0 Å². The molecule has 1 rings (SSSR count). The molecule has 10 heteroatoms. The third-order valence-corrected chi connectivity index (χ3v) is 2.79. The Labute approximate surface area is 124 Å². The van der Waals surface area contributed by atoms with E-state index in [0.717, 1.165) is 7.11 Å². The lowest BCUT2D eigenvalue weighted by Gasteiger charge is -2.16. The molecule has 0 radical (unpaired) electrons. The maximum absolute atomic E-state index is 12.9. The van der Waals surface area contributed by atoms with Gasteiger partial charge in [0.2, 0.25) is 0 Å². The van der Waals surface area contributed by atoms with Crippen LogP contribution in [0.3, 0.4) is 0 Å². The summed E-state index contributed by atoms with van der Waals surface area (Å²) in [6.45, 7) is 0. The number of halogens is 6. The fourth-order valence-corrected chi connectivity index (χ4v) is 1.84. The molecule has 0 saturated heterocycles. The normalized spacial score (nSPS) is 11.6. The molecule has 0 saturated carbocycles. The minimum atomic E-state index is -5.13. The molecule has 118 valence electrons. The van der Waals surface area contributed by atoms with E-state index in [1.165, 1.54) is 0 Å². The lowest BCUT2D eigenvalue weighted by molar-refractivity contribution is -0.275. The minimum absolute atomic E-state index is 0.138. The molecule has 0 atom stereocenters. The first-order valence-corrected chi connectivity index (χ1v) is 6.49. The number of methoxy groups -OCH3 is 1. The van der Waals surface area contributed by atoms with Crippen LogP contribution in [0, 0.1) is 0 Å². The fraction of sp³-hybridized carbons (Fsp3) is 0.455. The van der Waals surface area contributed by atoms with E-state index in [9.17, 15) is 26.7 Å². The summed E-state index contributed by atoms with van der Waals surface area (Å²) in [7, 11) is 1.09. The highest BCUT2D eigenvalue weighted by Gasteiger charge is 2.35. The molecule has 0 aromatic carbocycles. The number of hydrogen-bond donors (Lipinski definition) is 0. The summed E-state index contributed by atoms with van der Waals surface area (Å²) in [5.74, 6) is -1.82. The maximum atomic E-state index is 12.9. The van der Waals surface area contributed by atoms with Gasteiger partial charge in [-0.3, -0.25) is 9.78 Å². The molecule has 21 heavy (non-hydrogen) atoms. The monoisotopic (exact) mass is 377 g/mol. The van der Waals surface area contributed by atoms with Gasteiger partial charge in [0, 0.05) is 5.33 Å². The van der Waals surface area contributed by atoms with E-state index in [2.05, 4.69) is 30.4 Å². The molecule has 0 N–H and O–H groups in total. The molecule has 0 aliphatic carbocycles. The van der Waals surface area contributed by atoms with E-state index in [0.29, 0.717) is 6.07 Å². The number of carbonyl (C=O) groups excluding carboxylic acids is 1. The van der Waals surface area contributed by atoms with Crippen LogP contribution in [-0.4, -0.2) is 24.4 Å². The molecule has 0 unspecified atom stereocenters. The van der Waals surface area contributed by atoms with Crippen LogP contribution in [0.25, 0.3) is 0 Å². The molecule has 0 fully saturated rings. The molecule has 0 spiro atoms. The molecule has 4 nitrogen and oxygen atoms in total. The van der Waals surface area contributed by atoms with Crippen molar-refractivity contribution in [2.24, 2.45) is 0 Å². The Balaban J connectivity index is 3.32. The van der Waals surface area contributed by atoms with Gasteiger partial charge >= 0.3 is 12.3 Å². The molecule has 1 heterocycles. The van der Waals surface area contributed by atoms with Crippen molar-refractivity contribution in [3.05, 3.63) is 23.0 Å². The van der Waals surface area contributed by atoms with Gasteiger partial charge in [-0.2, -0.15) is 0 Å². The molecule has 0 aliphatic heterocycles. The summed E-state index contributed by atoms with van der Waals surface area (Å²) in [5, 5.41) is -0.257. The number of ether oxygens (including phenoxy) is 2. The number of carbonyl (C=O) groups is 1. The number of esters is 1. The maximum Gasteiger partial charge on any atom is 0.573 e. The molecular formula is C11H9BrF5NO3. The first-order valence-electron chi connectivity index (χ1n) is 5.37. The van der Waals surface area contributed by atoms with Crippen LogP contribution in [0.4, 0.5) is 22.0 Å². The Kier molecular flexibility index (Phi) is 5.87. The van der Waals surface area contributed by atoms with Gasteiger partial charge in [0.05, 0.1) is 30.5 Å². The van der Waals surface area contributed by atoms with Crippen LogP contribution in [0.5, 0.6) is 5.75 Å². The Morgan fingerprint density at radius 1 is 1.43 bits per heavy atom. The van der Waals surface area contributed by atoms with Gasteiger partial charge in [-0.15, -0.1) is 13.2 Å². The van der Waals surface area contributed by atoms with E-state index in [1.54, 1.807) is 0 Å². The van der Waals surface area contributed by atoms with Crippen molar-refractivity contribution in [1.82, 2.24) is 4.98 Å². The molecule has 0 bridgehead atoms. The number of nitrogens with zero attached hydrogens (tertiary/aromatic N) is 1. The van der Waals surface area contributed by atoms with Crippen LogP contribution >= 0.6 is 15.9 Å². The predicted molar refractivity (Wildman–Crippen MR) is 64.2 cm³/mol. The Morgan fingerprint density at radius 3 is 2.48 bits per heavy atom. The lowest BCUT2D eigenvalue weighted by atomic mass is 10.1. The van der Waals surface area contributed by atoms with Gasteiger partial charge in [-0.05, 0) is 6.07 Å². The standard InChI is InChI=1S/C11H9BrF5NO3/c1-20-8(19)3-5-2-6(10(13)14)9(7(4-12)18-5)21-11(15,16)17/h2,10H,3-4H2,1H3. The molecular weight excluding hydrogens is 369 g/mol. The van der Waals surface area contributed by atoms with E-state index < -0.39 is 36.5 Å². The summed E-state index contributed by atoms with van der Waals surface area (Å²) < 4.78 is 70.6. The molecule has 0 amide bonds. The van der Waals surface area contributed by atoms with Crippen molar-refractivity contribution < 1.29 is 36.2 Å². The zero-order valence-corrected chi connectivity index (χ0v) is 12.1. The second kappa shape index (κ2) is 7.01. The number of aromatic nitrogens is 1. The number of alkyl halides is 6. The fourth-order valence-electron chi connectivity index (χ4n) is 1.46. The molecule has 1 aromatic heterocycles. The quantitative estimate of drug-likeness (QED) is 0.447. The zero-order valence-electron chi connectivity index (χ0n) is 10.5. The average Bonchev–Trinajstić information content (AvgIpc) is 2.37. The van der Waals surface area contributed by atoms with Crippen LogP contribution < -0.4 is 4.74 Å². The Morgan fingerprint density at radius 2 is 2.05 bits per heavy atom. The van der Waals surface area contributed by atoms with E-state index in [1.807, 2.05) is 0 Å². The van der Waals surface area contributed by atoms with Crippen molar-refractivity contribution in [3.63, 3.8) is 0 Å². The smallest absolute Gasteiger partial charge is 0.469 e. The van der Waals surface area contributed by atoms with E-state index >= 15 is 0 Å². The Hall–Kier alpha value is -1.45.